The van der Waals surface area contributed by atoms with Crippen LogP contribution in [0.5, 0.6) is 0 Å². The second-order valence-electron chi connectivity index (χ2n) is 7.23. The topological polar surface area (TPSA) is 36.9 Å². The molecule has 2 unspecified atom stereocenters. The molecule has 4 nitrogen and oxygen atoms in total. The fourth-order valence-corrected chi connectivity index (χ4v) is 4.67. The van der Waals surface area contributed by atoms with Crippen molar-refractivity contribution in [2.24, 2.45) is 5.41 Å². The van der Waals surface area contributed by atoms with Crippen LogP contribution in [0.2, 0.25) is 0 Å². The molecule has 0 aromatic carbocycles. The van der Waals surface area contributed by atoms with Crippen molar-refractivity contribution in [1.82, 2.24) is 0 Å². The molecule has 0 amide bonds. The standard InChI is InChI=1S/C15H16F12O4S2/c1-5(32-4)6(2)33-10(18,19)8-30-14(24,25)11(15(26,27)31-8)12(20,21)28-7(9(3,16)17)29-13(11,22)23/h5-8H,1-4H3. The van der Waals surface area contributed by atoms with Gasteiger partial charge in [-0.1, -0.05) is 25.6 Å². The van der Waals surface area contributed by atoms with Crippen LogP contribution >= 0.6 is 23.5 Å². The van der Waals surface area contributed by atoms with Crippen LogP contribution in [-0.2, 0) is 18.9 Å². The van der Waals surface area contributed by atoms with E-state index in [9.17, 15) is 52.7 Å². The van der Waals surface area contributed by atoms with Gasteiger partial charge in [-0.05, 0) is 6.26 Å². The predicted octanol–water partition coefficient (Wildman–Crippen LogP) is 6.21. The Labute approximate surface area is 187 Å². The van der Waals surface area contributed by atoms with Gasteiger partial charge in [0.1, 0.15) is 0 Å². The summed E-state index contributed by atoms with van der Waals surface area (Å²) in [4.78, 5) is 0. The highest BCUT2D eigenvalue weighted by molar-refractivity contribution is 8.04. The Morgan fingerprint density at radius 3 is 1.30 bits per heavy atom. The summed E-state index contributed by atoms with van der Waals surface area (Å²) < 4.78 is 184. The van der Waals surface area contributed by atoms with E-state index in [1.165, 1.54) is 13.2 Å². The van der Waals surface area contributed by atoms with Crippen LogP contribution < -0.4 is 0 Å². The van der Waals surface area contributed by atoms with Gasteiger partial charge in [0, 0.05) is 17.4 Å². The first kappa shape index (κ1) is 28.9. The first-order chi connectivity index (χ1) is 14.5. The Hall–Kier alpha value is -0.300. The van der Waals surface area contributed by atoms with Crippen LogP contribution in [0, 0.1) is 5.41 Å². The van der Waals surface area contributed by atoms with E-state index in [-0.39, 0.29) is 6.92 Å². The number of hydrogen-bond acceptors (Lipinski definition) is 6. The van der Waals surface area contributed by atoms with E-state index in [1.54, 1.807) is 0 Å². The molecule has 0 N–H and O–H groups in total. The lowest BCUT2D eigenvalue weighted by Gasteiger charge is -2.56. The van der Waals surface area contributed by atoms with Gasteiger partial charge in [-0.3, -0.25) is 18.9 Å². The largest absolute Gasteiger partial charge is 0.389 e. The maximum absolute atomic E-state index is 14.6. The Kier molecular flexibility index (Phi) is 7.35. The molecule has 2 rings (SSSR count). The molecule has 18 heteroatoms. The fraction of sp³-hybridized carbons (Fsp3) is 1.00. The smallest absolute Gasteiger partial charge is 0.283 e. The molecule has 0 saturated carbocycles. The van der Waals surface area contributed by atoms with Gasteiger partial charge in [-0.2, -0.15) is 55.7 Å². The summed E-state index contributed by atoms with van der Waals surface area (Å²) in [6.45, 7) is 2.23. The van der Waals surface area contributed by atoms with Gasteiger partial charge in [0.2, 0.25) is 12.6 Å². The third kappa shape index (κ3) is 4.51. The minimum absolute atomic E-state index is 0.309. The zero-order chi connectivity index (χ0) is 26.1. The van der Waals surface area contributed by atoms with Gasteiger partial charge < -0.3 is 0 Å². The highest BCUT2D eigenvalue weighted by atomic mass is 32.2. The lowest BCUT2D eigenvalue weighted by molar-refractivity contribution is -0.651. The number of alkyl halides is 12. The molecule has 2 aliphatic heterocycles. The van der Waals surface area contributed by atoms with Gasteiger partial charge in [0.15, 0.2) is 0 Å². The monoisotopic (exact) mass is 552 g/mol. The summed E-state index contributed by atoms with van der Waals surface area (Å²) in [6.07, 6.45) is -32.7. The highest BCUT2D eigenvalue weighted by Gasteiger charge is 2.98. The molecule has 1 spiro atoms. The molecule has 2 atom stereocenters. The lowest BCUT2D eigenvalue weighted by Crippen LogP contribution is -2.81. The zero-order valence-electron chi connectivity index (χ0n) is 16.8. The van der Waals surface area contributed by atoms with Crippen molar-refractivity contribution in [3.63, 3.8) is 0 Å². The Bertz CT molecular complexity index is 694. The summed E-state index contributed by atoms with van der Waals surface area (Å²) in [5, 5.41) is -6.55. The van der Waals surface area contributed by atoms with Crippen molar-refractivity contribution in [2.75, 3.05) is 6.26 Å². The normalized spacial score (nSPS) is 35.3. The molecule has 2 fully saturated rings. The third-order valence-electron chi connectivity index (χ3n) is 4.83. The van der Waals surface area contributed by atoms with Crippen molar-refractivity contribution in [3.05, 3.63) is 0 Å². The van der Waals surface area contributed by atoms with Crippen molar-refractivity contribution in [1.29, 1.82) is 0 Å². The second kappa shape index (κ2) is 8.38. The van der Waals surface area contributed by atoms with Crippen LogP contribution in [0.3, 0.4) is 0 Å². The van der Waals surface area contributed by atoms with Crippen LogP contribution in [0.4, 0.5) is 52.7 Å². The van der Waals surface area contributed by atoms with E-state index in [0.29, 0.717) is 0 Å². The lowest BCUT2D eigenvalue weighted by atomic mass is 9.79. The summed E-state index contributed by atoms with van der Waals surface area (Å²) in [6, 6.07) is 0. The maximum atomic E-state index is 14.6. The molecule has 33 heavy (non-hydrogen) atoms. The molecule has 0 aliphatic carbocycles. The summed E-state index contributed by atoms with van der Waals surface area (Å²) >= 11 is 0.488. The fourth-order valence-electron chi connectivity index (χ4n) is 2.89. The zero-order valence-corrected chi connectivity index (χ0v) is 18.4. The molecule has 0 radical (unpaired) electrons. The van der Waals surface area contributed by atoms with Gasteiger partial charge in [-0.15, -0.1) is 0 Å². The molecule has 196 valence electrons. The quantitative estimate of drug-likeness (QED) is 0.365. The van der Waals surface area contributed by atoms with Crippen LogP contribution in [0.15, 0.2) is 0 Å². The van der Waals surface area contributed by atoms with Gasteiger partial charge in [0.25, 0.3) is 5.92 Å². The van der Waals surface area contributed by atoms with E-state index < -0.39 is 75.9 Å². The molecule has 2 aliphatic rings. The van der Waals surface area contributed by atoms with Gasteiger partial charge in [0.05, 0.1) is 0 Å². The van der Waals surface area contributed by atoms with Crippen LogP contribution in [0.1, 0.15) is 20.8 Å². The van der Waals surface area contributed by atoms with E-state index in [0.717, 1.165) is 18.7 Å². The molecule has 0 aromatic heterocycles. The summed E-state index contributed by atoms with van der Waals surface area (Å²) in [5.74, 6) is -4.72. The number of halogens is 12. The maximum Gasteiger partial charge on any atom is 0.389 e. The number of thioether (sulfide) groups is 2. The van der Waals surface area contributed by atoms with Gasteiger partial charge >= 0.3 is 35.1 Å². The van der Waals surface area contributed by atoms with E-state index in [2.05, 4.69) is 18.9 Å². The third-order valence-corrected chi connectivity index (χ3v) is 7.44. The summed E-state index contributed by atoms with van der Waals surface area (Å²) in [5.41, 5.74) is -6.59. The molecular weight excluding hydrogens is 536 g/mol. The molecule has 0 aromatic rings. The molecule has 2 saturated heterocycles. The Morgan fingerprint density at radius 2 is 1.00 bits per heavy atom. The van der Waals surface area contributed by atoms with Crippen molar-refractivity contribution in [3.8, 4) is 0 Å². The molecule has 2 heterocycles. The molecule has 0 bridgehead atoms. The van der Waals surface area contributed by atoms with E-state index >= 15 is 0 Å². The second-order valence-corrected chi connectivity index (χ2v) is 9.97. The van der Waals surface area contributed by atoms with Crippen LogP contribution in [-0.4, -0.2) is 64.9 Å². The number of rotatable bonds is 6. The van der Waals surface area contributed by atoms with Crippen molar-refractivity contribution in [2.45, 2.75) is 79.5 Å². The highest BCUT2D eigenvalue weighted by Crippen LogP contribution is 2.71. The van der Waals surface area contributed by atoms with Crippen LogP contribution in [0.25, 0.3) is 0 Å². The number of ether oxygens (including phenoxy) is 4. The molecular formula is C15H16F12O4S2. The predicted molar refractivity (Wildman–Crippen MR) is 89.7 cm³/mol. The average molecular weight is 552 g/mol. The number of hydrogen-bond donors (Lipinski definition) is 0. The summed E-state index contributed by atoms with van der Waals surface area (Å²) in [7, 11) is 0. The average Bonchev–Trinajstić information content (AvgIpc) is 2.55. The Balaban J connectivity index is 2.54. The minimum atomic E-state index is -6.59. The first-order valence-electron chi connectivity index (χ1n) is 8.68. The Morgan fingerprint density at radius 1 is 0.667 bits per heavy atom. The first-order valence-corrected chi connectivity index (χ1v) is 10.8. The van der Waals surface area contributed by atoms with E-state index in [4.69, 9.17) is 0 Å². The van der Waals surface area contributed by atoms with Crippen molar-refractivity contribution >= 4 is 23.5 Å². The van der Waals surface area contributed by atoms with Crippen molar-refractivity contribution < 1.29 is 71.6 Å². The van der Waals surface area contributed by atoms with Gasteiger partial charge in [-0.25, -0.2) is 8.78 Å². The van der Waals surface area contributed by atoms with E-state index in [1.807, 2.05) is 0 Å². The SMILES string of the molecule is CSC(C)C(C)SC(F)(F)C1OC(F)(F)C2(C(F)(F)OC(C(C)(F)F)OC2(F)F)C(F)(F)O1. The minimum Gasteiger partial charge on any atom is -0.283 e.